The largest absolute Gasteiger partial charge is 0.397 e. The van der Waals surface area contributed by atoms with Crippen LogP contribution in [0.3, 0.4) is 0 Å². The average molecular weight is 337 g/mol. The van der Waals surface area contributed by atoms with Crippen molar-refractivity contribution in [1.82, 2.24) is 0 Å². The molecule has 108 valence electrons. The summed E-state index contributed by atoms with van der Waals surface area (Å²) in [5.74, 6) is 0. The fraction of sp³-hybridized carbons (Fsp3) is 0.643. The summed E-state index contributed by atoms with van der Waals surface area (Å²) in [7, 11) is 0. The van der Waals surface area contributed by atoms with E-state index < -0.39 is 0 Å². The maximum Gasteiger partial charge on any atom is 0.0402 e. The van der Waals surface area contributed by atoms with E-state index in [-0.39, 0.29) is 46.0 Å². The second-order valence-corrected chi connectivity index (χ2v) is 2.99. The molecule has 0 spiro atoms. The van der Waals surface area contributed by atoms with Gasteiger partial charge in [0.1, 0.15) is 0 Å². The molecule has 3 N–H and O–H groups in total. The van der Waals surface area contributed by atoms with E-state index in [1.165, 1.54) is 18.4 Å². The van der Waals surface area contributed by atoms with Gasteiger partial charge >= 0.3 is 0 Å². The molecule has 0 radical (unpaired) electrons. The summed E-state index contributed by atoms with van der Waals surface area (Å²) in [5.41, 5.74) is 1.47. The van der Waals surface area contributed by atoms with Crippen molar-refractivity contribution in [1.29, 1.82) is 0 Å². The fourth-order valence-corrected chi connectivity index (χ4v) is 0.869. The van der Waals surface area contributed by atoms with Gasteiger partial charge in [-0.1, -0.05) is 19.8 Å². The first-order chi connectivity index (χ1) is 8.17. The molecule has 0 fully saturated rings. The Bertz CT molecular complexity index is 172. The van der Waals surface area contributed by atoms with Crippen LogP contribution >= 0.6 is 0 Å². The van der Waals surface area contributed by atoms with Crippen molar-refractivity contribution in [2.45, 2.75) is 40.5 Å². The molecule has 1 rings (SSSR count). The molecule has 0 heterocycles. The van der Waals surface area contributed by atoms with Crippen LogP contribution in [0.2, 0.25) is 0 Å². The van der Waals surface area contributed by atoms with E-state index in [0.29, 0.717) is 0 Å². The molecule has 1 aromatic rings. The van der Waals surface area contributed by atoms with Gasteiger partial charge in [-0.25, -0.2) is 12.1 Å². The minimum absolute atomic E-state index is 0. The van der Waals surface area contributed by atoms with Gasteiger partial charge in [0.2, 0.25) is 0 Å². The molecular formula is C14H29O3Zr-. The molecule has 1 aromatic carbocycles. The Morgan fingerprint density at radius 3 is 1.28 bits per heavy atom. The van der Waals surface area contributed by atoms with Gasteiger partial charge in [0.25, 0.3) is 0 Å². The maximum absolute atomic E-state index is 7.57. The van der Waals surface area contributed by atoms with Gasteiger partial charge in [-0.05, 0) is 20.8 Å². The van der Waals surface area contributed by atoms with Crippen LogP contribution in [0.15, 0.2) is 24.3 Å². The summed E-state index contributed by atoms with van der Waals surface area (Å²) >= 11 is 0. The summed E-state index contributed by atoms with van der Waals surface area (Å²) in [4.78, 5) is 0. The maximum atomic E-state index is 7.57. The molecule has 0 aliphatic rings. The molecule has 0 aromatic heterocycles. The van der Waals surface area contributed by atoms with Crippen molar-refractivity contribution in [2.75, 3.05) is 19.8 Å². The van der Waals surface area contributed by atoms with Gasteiger partial charge in [0.15, 0.2) is 0 Å². The smallest absolute Gasteiger partial charge is 0.0402 e. The zero-order valence-electron chi connectivity index (χ0n) is 12.2. The van der Waals surface area contributed by atoms with Crippen molar-refractivity contribution in [3.05, 3.63) is 29.8 Å². The van der Waals surface area contributed by atoms with E-state index in [9.17, 15) is 0 Å². The van der Waals surface area contributed by atoms with Gasteiger partial charge in [0, 0.05) is 46.0 Å². The molecule has 0 atom stereocenters. The predicted octanol–water partition coefficient (Wildman–Crippen LogP) is 2.35. The van der Waals surface area contributed by atoms with Crippen LogP contribution < -0.4 is 0 Å². The molecule has 0 bridgehead atoms. The van der Waals surface area contributed by atoms with Crippen LogP contribution in [0.4, 0.5) is 0 Å². The Kier molecular flexibility index (Phi) is 44.8. The van der Waals surface area contributed by atoms with E-state index in [4.69, 9.17) is 15.3 Å². The average Bonchev–Trinajstić information content (AvgIpc) is 2.75. The van der Waals surface area contributed by atoms with Crippen molar-refractivity contribution in [3.63, 3.8) is 0 Å². The minimum Gasteiger partial charge on any atom is -0.397 e. The Balaban J connectivity index is -0.0000000840. The van der Waals surface area contributed by atoms with Crippen molar-refractivity contribution >= 4 is 0 Å². The van der Waals surface area contributed by atoms with Crippen LogP contribution in [0.5, 0.6) is 0 Å². The normalized spacial score (nSPS) is 7.28. The molecule has 0 aliphatic carbocycles. The molecule has 0 saturated carbocycles. The first-order valence-electron chi connectivity index (χ1n) is 6.21. The Hall–Kier alpha value is 0.113. The number of hydrogen-bond donors (Lipinski definition) is 3. The number of hydrogen-bond acceptors (Lipinski definition) is 3. The molecule has 3 nitrogen and oxygen atoms in total. The van der Waals surface area contributed by atoms with Crippen LogP contribution in [0.1, 0.15) is 39.7 Å². The Labute approximate surface area is 131 Å². The third-order valence-corrected chi connectivity index (χ3v) is 1.27. The first kappa shape index (κ1) is 26.6. The fourth-order valence-electron chi connectivity index (χ4n) is 0.869. The number of aryl methyl sites for hydroxylation is 1. The second kappa shape index (κ2) is 30.3. The van der Waals surface area contributed by atoms with E-state index in [1.807, 2.05) is 0 Å². The SMILES string of the molecule is CCC[c-]1cccc1.CCO.CCO.CCO.[Zr]. The quantitative estimate of drug-likeness (QED) is 0.727. The zero-order chi connectivity index (χ0) is 13.9. The summed E-state index contributed by atoms with van der Waals surface area (Å²) in [6.45, 7) is 7.99. The molecule has 18 heavy (non-hydrogen) atoms. The first-order valence-corrected chi connectivity index (χ1v) is 6.21. The second-order valence-electron chi connectivity index (χ2n) is 2.99. The van der Waals surface area contributed by atoms with E-state index in [1.54, 1.807) is 20.8 Å². The number of aliphatic hydroxyl groups is 3. The molecule has 4 heteroatoms. The Morgan fingerprint density at radius 2 is 1.06 bits per heavy atom. The minimum atomic E-state index is 0. The zero-order valence-corrected chi connectivity index (χ0v) is 14.6. The van der Waals surface area contributed by atoms with Crippen LogP contribution in [0.25, 0.3) is 0 Å². The van der Waals surface area contributed by atoms with E-state index >= 15 is 0 Å². The van der Waals surface area contributed by atoms with Gasteiger partial charge in [-0.15, -0.1) is 0 Å². The number of aliphatic hydroxyl groups excluding tert-OH is 3. The van der Waals surface area contributed by atoms with Crippen molar-refractivity contribution in [2.24, 2.45) is 0 Å². The summed E-state index contributed by atoms with van der Waals surface area (Å²) in [5, 5.41) is 22.7. The third-order valence-electron chi connectivity index (χ3n) is 1.27. The van der Waals surface area contributed by atoms with Crippen molar-refractivity contribution < 1.29 is 41.5 Å². The third kappa shape index (κ3) is 36.0. The van der Waals surface area contributed by atoms with Crippen LogP contribution in [-0.2, 0) is 32.6 Å². The Morgan fingerprint density at radius 1 is 0.778 bits per heavy atom. The van der Waals surface area contributed by atoms with Crippen molar-refractivity contribution in [3.8, 4) is 0 Å². The van der Waals surface area contributed by atoms with Gasteiger partial charge in [-0.3, -0.25) is 0 Å². The summed E-state index contributed by atoms with van der Waals surface area (Å²) < 4.78 is 0. The number of rotatable bonds is 2. The standard InChI is InChI=1S/C8H11.3C2H6O.Zr/c1-2-5-8-6-3-4-7-8;3*1-2-3;/h3-4,6-7H,2,5H2,1H3;3*3H,2H2,1H3;/q-1;;;;. The monoisotopic (exact) mass is 335 g/mol. The van der Waals surface area contributed by atoms with Gasteiger partial charge < -0.3 is 15.3 Å². The molecule has 0 amide bonds. The molecule has 0 unspecified atom stereocenters. The topological polar surface area (TPSA) is 60.7 Å². The molecule has 0 aliphatic heterocycles. The summed E-state index contributed by atoms with van der Waals surface area (Å²) in [6.07, 6.45) is 2.48. The van der Waals surface area contributed by atoms with Gasteiger partial charge in [-0.2, -0.15) is 17.7 Å². The van der Waals surface area contributed by atoms with E-state index in [2.05, 4.69) is 31.2 Å². The van der Waals surface area contributed by atoms with Gasteiger partial charge in [0.05, 0.1) is 0 Å². The molecule has 0 saturated heterocycles. The molecular weight excluding hydrogens is 307 g/mol. The predicted molar refractivity (Wildman–Crippen MR) is 74.3 cm³/mol. The summed E-state index contributed by atoms with van der Waals surface area (Å²) in [6, 6.07) is 8.52. The van der Waals surface area contributed by atoms with Crippen LogP contribution in [0, 0.1) is 0 Å². The van der Waals surface area contributed by atoms with E-state index in [0.717, 1.165) is 0 Å². The van der Waals surface area contributed by atoms with Crippen LogP contribution in [-0.4, -0.2) is 35.1 Å².